The van der Waals surface area contributed by atoms with Crippen LogP contribution in [0.25, 0.3) is 27.7 Å². The molecule has 162 valence electrons. The minimum atomic E-state index is -0.231. The van der Waals surface area contributed by atoms with E-state index in [-0.39, 0.29) is 5.91 Å². The van der Waals surface area contributed by atoms with Crippen molar-refractivity contribution in [2.75, 3.05) is 11.9 Å². The summed E-state index contributed by atoms with van der Waals surface area (Å²) < 4.78 is 11.7. The average Bonchev–Trinajstić information content (AvgIpc) is 3.20. The zero-order valence-electron chi connectivity index (χ0n) is 18.2. The number of halogens is 1. The maximum atomic E-state index is 12.7. The van der Waals surface area contributed by atoms with Gasteiger partial charge < -0.3 is 14.5 Å². The summed E-state index contributed by atoms with van der Waals surface area (Å²) in [7, 11) is 0. The number of anilines is 1. The normalized spacial score (nSPS) is 11.6. The topological polar surface area (TPSA) is 51.5 Å². The molecule has 0 saturated carbocycles. The standard InChI is InChI=1S/C27H24ClNO3/c1-4-31-25-15-26-21(22(16-32-26)19-9-6-5-7-10-19)14-20(25)17(2)13-27(30)29-24-12-8-11-23(28)18(24)3/h5-16H,4H2,1-3H3,(H,29,30)/b17-13+. The summed E-state index contributed by atoms with van der Waals surface area (Å²) in [6.07, 6.45) is 3.33. The van der Waals surface area contributed by atoms with Crippen molar-refractivity contribution in [2.24, 2.45) is 0 Å². The van der Waals surface area contributed by atoms with Gasteiger partial charge in [0.25, 0.3) is 0 Å². The van der Waals surface area contributed by atoms with Crippen LogP contribution in [0.5, 0.6) is 5.75 Å². The Hall–Kier alpha value is -3.50. The Balaban J connectivity index is 1.73. The van der Waals surface area contributed by atoms with Crippen LogP contribution in [0.3, 0.4) is 0 Å². The Morgan fingerprint density at radius 1 is 1.12 bits per heavy atom. The number of ether oxygens (including phenoxy) is 1. The molecule has 4 rings (SSSR count). The van der Waals surface area contributed by atoms with E-state index in [0.717, 1.165) is 38.8 Å². The van der Waals surface area contributed by atoms with Crippen LogP contribution in [-0.4, -0.2) is 12.5 Å². The summed E-state index contributed by atoms with van der Waals surface area (Å²) in [5, 5.41) is 4.49. The van der Waals surface area contributed by atoms with E-state index in [4.69, 9.17) is 20.8 Å². The van der Waals surface area contributed by atoms with E-state index in [0.29, 0.717) is 23.1 Å². The van der Waals surface area contributed by atoms with Gasteiger partial charge in [-0.1, -0.05) is 48.0 Å². The smallest absolute Gasteiger partial charge is 0.248 e. The highest BCUT2D eigenvalue weighted by Gasteiger charge is 2.15. The highest BCUT2D eigenvalue weighted by atomic mass is 35.5. The molecular weight excluding hydrogens is 422 g/mol. The molecule has 0 atom stereocenters. The van der Waals surface area contributed by atoms with E-state index < -0.39 is 0 Å². The number of allylic oxidation sites excluding steroid dienone is 1. The van der Waals surface area contributed by atoms with Gasteiger partial charge in [-0.25, -0.2) is 0 Å². The molecule has 1 aromatic heterocycles. The molecular formula is C27H24ClNO3. The second-order valence-corrected chi connectivity index (χ2v) is 7.93. The summed E-state index contributed by atoms with van der Waals surface area (Å²) >= 11 is 6.17. The lowest BCUT2D eigenvalue weighted by atomic mass is 9.99. The molecule has 32 heavy (non-hydrogen) atoms. The maximum absolute atomic E-state index is 12.7. The minimum Gasteiger partial charge on any atom is -0.493 e. The molecule has 0 spiro atoms. The Labute approximate surface area is 192 Å². The molecule has 0 saturated heterocycles. The van der Waals surface area contributed by atoms with Crippen molar-refractivity contribution < 1.29 is 13.9 Å². The van der Waals surface area contributed by atoms with Crippen LogP contribution >= 0.6 is 11.6 Å². The Morgan fingerprint density at radius 2 is 1.91 bits per heavy atom. The first-order valence-electron chi connectivity index (χ1n) is 10.5. The molecule has 0 unspecified atom stereocenters. The summed E-state index contributed by atoms with van der Waals surface area (Å²) in [6.45, 7) is 6.21. The van der Waals surface area contributed by atoms with Gasteiger partial charge in [0.15, 0.2) is 0 Å². The van der Waals surface area contributed by atoms with Gasteiger partial charge in [0.1, 0.15) is 11.3 Å². The van der Waals surface area contributed by atoms with Crippen LogP contribution in [-0.2, 0) is 4.79 Å². The third-order valence-corrected chi connectivity index (χ3v) is 5.77. The third kappa shape index (κ3) is 4.41. The van der Waals surface area contributed by atoms with Gasteiger partial charge in [-0.2, -0.15) is 0 Å². The number of nitrogens with one attached hydrogen (secondary N) is 1. The number of hydrogen-bond acceptors (Lipinski definition) is 3. The van der Waals surface area contributed by atoms with Crippen molar-refractivity contribution >= 4 is 39.7 Å². The first-order chi connectivity index (χ1) is 15.5. The first kappa shape index (κ1) is 21.7. The molecule has 1 N–H and O–H groups in total. The van der Waals surface area contributed by atoms with Gasteiger partial charge in [0, 0.05) is 39.4 Å². The van der Waals surface area contributed by atoms with E-state index in [1.54, 1.807) is 18.4 Å². The van der Waals surface area contributed by atoms with Gasteiger partial charge >= 0.3 is 0 Å². The fraction of sp³-hybridized carbons (Fsp3) is 0.148. The lowest BCUT2D eigenvalue weighted by Gasteiger charge is -2.12. The fourth-order valence-corrected chi connectivity index (χ4v) is 3.84. The molecule has 3 aromatic carbocycles. The van der Waals surface area contributed by atoms with Crippen molar-refractivity contribution in [1.29, 1.82) is 0 Å². The number of fused-ring (bicyclic) bond motifs is 1. The fourth-order valence-electron chi connectivity index (χ4n) is 3.67. The largest absolute Gasteiger partial charge is 0.493 e. The Kier molecular flexibility index (Phi) is 6.33. The molecule has 5 heteroatoms. The summed E-state index contributed by atoms with van der Waals surface area (Å²) in [5.41, 5.74) is 5.95. The SMILES string of the molecule is CCOc1cc2occ(-c3ccccc3)c2cc1/C(C)=C/C(=O)Nc1cccc(Cl)c1C. The van der Waals surface area contributed by atoms with Crippen LogP contribution in [0.1, 0.15) is 25.0 Å². The van der Waals surface area contributed by atoms with Crippen LogP contribution in [0.2, 0.25) is 5.02 Å². The van der Waals surface area contributed by atoms with Crippen LogP contribution in [0.4, 0.5) is 5.69 Å². The monoisotopic (exact) mass is 445 g/mol. The molecule has 4 nitrogen and oxygen atoms in total. The molecule has 0 bridgehead atoms. The predicted octanol–water partition coefficient (Wildman–Crippen LogP) is 7.50. The summed E-state index contributed by atoms with van der Waals surface area (Å²) in [6, 6.07) is 19.4. The highest BCUT2D eigenvalue weighted by molar-refractivity contribution is 6.31. The first-order valence-corrected chi connectivity index (χ1v) is 10.8. The van der Waals surface area contributed by atoms with Crippen LogP contribution in [0.15, 0.2) is 77.4 Å². The number of benzene rings is 3. The van der Waals surface area contributed by atoms with E-state index in [2.05, 4.69) is 5.32 Å². The average molecular weight is 446 g/mol. The second-order valence-electron chi connectivity index (χ2n) is 7.52. The molecule has 1 amide bonds. The molecule has 0 radical (unpaired) electrons. The molecule has 0 fully saturated rings. The van der Waals surface area contributed by atoms with Gasteiger partial charge in [-0.15, -0.1) is 0 Å². The Bertz CT molecular complexity index is 1310. The second kappa shape index (κ2) is 9.33. The van der Waals surface area contributed by atoms with Crippen LogP contribution < -0.4 is 10.1 Å². The number of carbonyl (C=O) groups excluding carboxylic acids is 1. The van der Waals surface area contributed by atoms with Crippen molar-refractivity contribution in [2.45, 2.75) is 20.8 Å². The number of amides is 1. The number of rotatable bonds is 6. The third-order valence-electron chi connectivity index (χ3n) is 5.36. The van der Waals surface area contributed by atoms with Gasteiger partial charge in [-0.3, -0.25) is 4.79 Å². The minimum absolute atomic E-state index is 0.231. The number of hydrogen-bond donors (Lipinski definition) is 1. The van der Waals surface area contributed by atoms with E-state index in [1.165, 1.54) is 0 Å². The van der Waals surface area contributed by atoms with E-state index >= 15 is 0 Å². The molecule has 1 heterocycles. The van der Waals surface area contributed by atoms with E-state index in [1.807, 2.05) is 75.4 Å². The number of carbonyl (C=O) groups is 1. The molecule has 0 aliphatic rings. The van der Waals surface area contributed by atoms with Gasteiger partial charge in [0.05, 0.1) is 12.9 Å². The summed E-state index contributed by atoms with van der Waals surface area (Å²) in [5.74, 6) is 0.445. The Morgan fingerprint density at radius 3 is 2.66 bits per heavy atom. The zero-order chi connectivity index (χ0) is 22.7. The van der Waals surface area contributed by atoms with Crippen molar-refractivity contribution in [1.82, 2.24) is 0 Å². The highest BCUT2D eigenvalue weighted by Crippen LogP contribution is 2.37. The lowest BCUT2D eigenvalue weighted by molar-refractivity contribution is -0.111. The summed E-state index contributed by atoms with van der Waals surface area (Å²) in [4.78, 5) is 12.7. The van der Waals surface area contributed by atoms with Crippen molar-refractivity contribution in [3.8, 4) is 16.9 Å². The van der Waals surface area contributed by atoms with E-state index in [9.17, 15) is 4.79 Å². The molecule has 4 aromatic rings. The lowest BCUT2D eigenvalue weighted by Crippen LogP contribution is -2.10. The van der Waals surface area contributed by atoms with Crippen LogP contribution in [0, 0.1) is 6.92 Å². The zero-order valence-corrected chi connectivity index (χ0v) is 19.0. The number of furan rings is 1. The maximum Gasteiger partial charge on any atom is 0.248 e. The van der Waals surface area contributed by atoms with Crippen molar-refractivity contribution in [3.63, 3.8) is 0 Å². The quantitative estimate of drug-likeness (QED) is 0.312. The van der Waals surface area contributed by atoms with Gasteiger partial charge in [-0.05, 0) is 55.7 Å². The van der Waals surface area contributed by atoms with Gasteiger partial charge in [0.2, 0.25) is 5.91 Å². The molecule has 0 aliphatic heterocycles. The molecule has 0 aliphatic carbocycles. The predicted molar refractivity (Wildman–Crippen MR) is 131 cm³/mol. The van der Waals surface area contributed by atoms with Crippen molar-refractivity contribution in [3.05, 3.63) is 89.2 Å².